The second kappa shape index (κ2) is 15.2. The molecule has 0 aliphatic carbocycles. The quantitative estimate of drug-likeness (QED) is 0.275. The van der Waals surface area contributed by atoms with E-state index in [0.717, 1.165) is 57.8 Å². The molecule has 1 saturated heterocycles. The average Bonchev–Trinajstić information content (AvgIpc) is 3.08. The Bertz CT molecular complexity index is 404. The lowest BCUT2D eigenvalue weighted by Gasteiger charge is -2.20. The highest BCUT2D eigenvalue weighted by Crippen LogP contribution is 2.30. The molecule has 0 amide bonds. The topological polar surface area (TPSA) is 116 Å². The number of carboxylic acids is 1. The van der Waals surface area contributed by atoms with E-state index in [4.69, 9.17) is 19.7 Å². The van der Waals surface area contributed by atoms with Crippen LogP contribution in [0.15, 0.2) is 0 Å². The Kier molecular flexibility index (Phi) is 13.7. The van der Waals surface area contributed by atoms with Crippen molar-refractivity contribution < 1.29 is 34.7 Å². The molecule has 7 heteroatoms. The number of hydrogen-bond acceptors (Lipinski definition) is 6. The van der Waals surface area contributed by atoms with Crippen LogP contribution in [0.2, 0.25) is 0 Å². The van der Waals surface area contributed by atoms with E-state index in [2.05, 4.69) is 6.92 Å². The lowest BCUT2D eigenvalue weighted by Crippen LogP contribution is -2.29. The van der Waals surface area contributed by atoms with Gasteiger partial charge >= 0.3 is 5.97 Å². The molecular formula is C21H40O7. The molecule has 0 aromatic carbocycles. The Morgan fingerprint density at radius 2 is 1.82 bits per heavy atom. The highest BCUT2D eigenvalue weighted by atomic mass is 16.6. The van der Waals surface area contributed by atoms with Crippen LogP contribution >= 0.6 is 0 Å². The van der Waals surface area contributed by atoms with Gasteiger partial charge in [-0.05, 0) is 19.3 Å². The molecule has 1 fully saturated rings. The van der Waals surface area contributed by atoms with Crippen LogP contribution in [-0.4, -0.2) is 70.1 Å². The zero-order valence-electron chi connectivity index (χ0n) is 17.3. The van der Waals surface area contributed by atoms with E-state index in [1.54, 1.807) is 0 Å². The van der Waals surface area contributed by atoms with Gasteiger partial charge in [-0.2, -0.15) is 0 Å². The summed E-state index contributed by atoms with van der Waals surface area (Å²) < 4.78 is 11.9. The first kappa shape index (κ1) is 25.3. The second-order valence-electron chi connectivity index (χ2n) is 7.92. The fourth-order valence-electron chi connectivity index (χ4n) is 3.65. The van der Waals surface area contributed by atoms with Gasteiger partial charge in [-0.15, -0.1) is 0 Å². The van der Waals surface area contributed by atoms with Crippen LogP contribution < -0.4 is 0 Å². The third-order valence-electron chi connectivity index (χ3n) is 5.35. The van der Waals surface area contributed by atoms with Crippen molar-refractivity contribution in [3.8, 4) is 0 Å². The standard InChI is InChI=1S/C21H40O7/c1-2-3-7-10-17(24)19-13-20(27-15-16(23)14-22)18(28-19)11-8-5-4-6-9-12-21(25)26/h16-20,22-24H,2-15H2,1H3,(H,25,26). The van der Waals surface area contributed by atoms with E-state index in [0.29, 0.717) is 12.8 Å². The third kappa shape index (κ3) is 10.7. The van der Waals surface area contributed by atoms with Crippen LogP contribution in [0.1, 0.15) is 84.0 Å². The highest BCUT2D eigenvalue weighted by molar-refractivity contribution is 5.66. The number of unbranched alkanes of at least 4 members (excludes halogenated alkanes) is 6. The van der Waals surface area contributed by atoms with Gasteiger partial charge in [0.15, 0.2) is 0 Å². The fraction of sp³-hybridized carbons (Fsp3) is 0.952. The summed E-state index contributed by atoms with van der Waals surface area (Å²) in [6.45, 7) is 1.86. The maximum Gasteiger partial charge on any atom is 0.303 e. The van der Waals surface area contributed by atoms with Gasteiger partial charge in [0.05, 0.1) is 37.6 Å². The molecule has 5 atom stereocenters. The van der Waals surface area contributed by atoms with Gasteiger partial charge in [0.1, 0.15) is 6.10 Å². The van der Waals surface area contributed by atoms with Gasteiger partial charge in [-0.3, -0.25) is 4.79 Å². The minimum atomic E-state index is -0.900. The second-order valence-corrected chi connectivity index (χ2v) is 7.92. The van der Waals surface area contributed by atoms with Crippen molar-refractivity contribution in [2.24, 2.45) is 0 Å². The van der Waals surface area contributed by atoms with Crippen LogP contribution in [0, 0.1) is 0 Å². The zero-order chi connectivity index (χ0) is 20.8. The molecule has 1 aliphatic heterocycles. The van der Waals surface area contributed by atoms with Crippen molar-refractivity contribution in [2.45, 2.75) is 114 Å². The minimum absolute atomic E-state index is 0.0644. The van der Waals surface area contributed by atoms with Crippen molar-refractivity contribution in [3.63, 3.8) is 0 Å². The Labute approximate surface area is 169 Å². The van der Waals surface area contributed by atoms with Crippen molar-refractivity contribution in [1.29, 1.82) is 0 Å². The van der Waals surface area contributed by atoms with E-state index in [1.807, 2.05) is 0 Å². The van der Waals surface area contributed by atoms with Crippen LogP contribution in [0.25, 0.3) is 0 Å². The van der Waals surface area contributed by atoms with E-state index in [1.165, 1.54) is 0 Å². The summed E-state index contributed by atoms with van der Waals surface area (Å²) in [5, 5.41) is 37.6. The smallest absolute Gasteiger partial charge is 0.303 e. The predicted octanol–water partition coefficient (Wildman–Crippen LogP) is 2.64. The SMILES string of the molecule is CCCCCC(O)C1CC(OCC(O)CO)C(CCCCCCCC(=O)O)O1. The number of carbonyl (C=O) groups is 1. The van der Waals surface area contributed by atoms with E-state index < -0.39 is 18.2 Å². The van der Waals surface area contributed by atoms with Crippen molar-refractivity contribution in [3.05, 3.63) is 0 Å². The number of aliphatic hydroxyl groups excluding tert-OH is 3. The molecule has 28 heavy (non-hydrogen) atoms. The highest BCUT2D eigenvalue weighted by Gasteiger charge is 2.38. The fourth-order valence-corrected chi connectivity index (χ4v) is 3.65. The molecule has 7 nitrogen and oxygen atoms in total. The summed E-state index contributed by atoms with van der Waals surface area (Å²) in [4.78, 5) is 10.5. The summed E-state index contributed by atoms with van der Waals surface area (Å²) in [7, 11) is 0. The number of carboxylic acid groups (broad SMARTS) is 1. The molecule has 1 heterocycles. The summed E-state index contributed by atoms with van der Waals surface area (Å²) in [5.41, 5.74) is 0. The Morgan fingerprint density at radius 3 is 2.50 bits per heavy atom. The Hall–Kier alpha value is -0.730. The van der Waals surface area contributed by atoms with Crippen molar-refractivity contribution in [2.75, 3.05) is 13.2 Å². The first-order valence-electron chi connectivity index (χ1n) is 10.9. The van der Waals surface area contributed by atoms with Gasteiger partial charge < -0.3 is 29.9 Å². The monoisotopic (exact) mass is 404 g/mol. The van der Waals surface area contributed by atoms with Gasteiger partial charge in [0.25, 0.3) is 0 Å². The molecule has 1 aliphatic rings. The summed E-state index contributed by atoms with van der Waals surface area (Å²) in [6.07, 6.45) is 8.22. The van der Waals surface area contributed by atoms with E-state index >= 15 is 0 Å². The van der Waals surface area contributed by atoms with Crippen LogP contribution in [0.4, 0.5) is 0 Å². The van der Waals surface area contributed by atoms with Crippen LogP contribution in [-0.2, 0) is 14.3 Å². The summed E-state index contributed by atoms with van der Waals surface area (Å²) >= 11 is 0. The average molecular weight is 405 g/mol. The van der Waals surface area contributed by atoms with Gasteiger partial charge in [0.2, 0.25) is 0 Å². The number of hydrogen-bond donors (Lipinski definition) is 4. The Morgan fingerprint density at radius 1 is 1.11 bits per heavy atom. The first-order valence-corrected chi connectivity index (χ1v) is 10.9. The molecule has 1 rings (SSSR count). The van der Waals surface area contributed by atoms with E-state index in [9.17, 15) is 15.0 Å². The van der Waals surface area contributed by atoms with Crippen molar-refractivity contribution in [1.82, 2.24) is 0 Å². The van der Waals surface area contributed by atoms with Gasteiger partial charge in [-0.1, -0.05) is 51.9 Å². The molecule has 0 spiro atoms. The Balaban J connectivity index is 2.38. The molecule has 4 N–H and O–H groups in total. The first-order chi connectivity index (χ1) is 13.5. The van der Waals surface area contributed by atoms with Gasteiger partial charge in [-0.25, -0.2) is 0 Å². The third-order valence-corrected chi connectivity index (χ3v) is 5.35. The molecule has 0 bridgehead atoms. The van der Waals surface area contributed by atoms with Gasteiger partial charge in [0, 0.05) is 12.8 Å². The lowest BCUT2D eigenvalue weighted by atomic mass is 10.00. The number of ether oxygens (including phenoxy) is 2. The lowest BCUT2D eigenvalue weighted by molar-refractivity contribution is -0.137. The summed E-state index contributed by atoms with van der Waals surface area (Å²) in [6, 6.07) is 0. The normalized spacial score (nSPS) is 24.4. The molecule has 0 radical (unpaired) electrons. The maximum atomic E-state index is 10.5. The van der Waals surface area contributed by atoms with Crippen LogP contribution in [0.3, 0.4) is 0 Å². The summed E-state index contributed by atoms with van der Waals surface area (Å²) in [5.74, 6) is -0.743. The molecular weight excluding hydrogens is 364 g/mol. The zero-order valence-corrected chi connectivity index (χ0v) is 17.3. The van der Waals surface area contributed by atoms with Crippen LogP contribution in [0.5, 0.6) is 0 Å². The number of rotatable bonds is 17. The largest absolute Gasteiger partial charge is 0.481 e. The molecule has 5 unspecified atom stereocenters. The molecule has 0 aromatic heterocycles. The number of aliphatic hydroxyl groups is 3. The van der Waals surface area contributed by atoms with E-state index in [-0.39, 0.29) is 37.9 Å². The van der Waals surface area contributed by atoms with Crippen molar-refractivity contribution >= 4 is 5.97 Å². The molecule has 0 aromatic rings. The number of aliphatic carboxylic acids is 1. The maximum absolute atomic E-state index is 10.5. The minimum Gasteiger partial charge on any atom is -0.481 e. The molecule has 166 valence electrons. The molecule has 0 saturated carbocycles. The predicted molar refractivity (Wildman–Crippen MR) is 106 cm³/mol.